The Labute approximate surface area is 95.3 Å². The number of fused-ring (bicyclic) bond motifs is 1. The van der Waals surface area contributed by atoms with Crippen LogP contribution in [0.1, 0.15) is 23.7 Å². The highest BCUT2D eigenvalue weighted by molar-refractivity contribution is 9.10. The minimum Gasteiger partial charge on any atom is -0.488 e. The van der Waals surface area contributed by atoms with Gasteiger partial charge in [-0.15, -0.1) is 0 Å². The van der Waals surface area contributed by atoms with Gasteiger partial charge in [0.15, 0.2) is 5.78 Å². The number of ketones is 1. The summed E-state index contributed by atoms with van der Waals surface area (Å²) in [4.78, 5) is 11.6. The van der Waals surface area contributed by atoms with Gasteiger partial charge < -0.3 is 4.74 Å². The summed E-state index contributed by atoms with van der Waals surface area (Å²) in [5.41, 5.74) is 0.572. The van der Waals surface area contributed by atoms with Gasteiger partial charge in [-0.25, -0.2) is 0 Å². The van der Waals surface area contributed by atoms with Crippen molar-refractivity contribution in [1.82, 2.24) is 0 Å². The molecule has 4 heteroatoms. The molecule has 0 bridgehead atoms. The number of benzene rings is 1. The van der Waals surface area contributed by atoms with E-state index < -0.39 is 0 Å². The number of hydrogen-bond donors (Lipinski definition) is 0. The van der Waals surface area contributed by atoms with Gasteiger partial charge in [-0.05, 0) is 19.1 Å². The van der Waals surface area contributed by atoms with E-state index in [2.05, 4.69) is 15.9 Å². The molecular formula is C10H8BrClO2. The highest BCUT2D eigenvalue weighted by atomic mass is 79.9. The average molecular weight is 276 g/mol. The second-order valence-electron chi connectivity index (χ2n) is 3.32. The van der Waals surface area contributed by atoms with Gasteiger partial charge in [0.1, 0.15) is 11.9 Å². The maximum absolute atomic E-state index is 11.6. The predicted octanol–water partition coefficient (Wildman–Crippen LogP) is 3.46. The molecule has 0 saturated heterocycles. The maximum atomic E-state index is 11.6. The Morgan fingerprint density at radius 1 is 1.57 bits per heavy atom. The first-order chi connectivity index (χ1) is 6.58. The monoisotopic (exact) mass is 274 g/mol. The van der Waals surface area contributed by atoms with Gasteiger partial charge in [-0.3, -0.25) is 4.79 Å². The van der Waals surface area contributed by atoms with Gasteiger partial charge in [0.2, 0.25) is 0 Å². The minimum absolute atomic E-state index is 0.0851. The van der Waals surface area contributed by atoms with Crippen LogP contribution in [-0.4, -0.2) is 11.9 Å². The third kappa shape index (κ3) is 1.66. The van der Waals surface area contributed by atoms with E-state index in [-0.39, 0.29) is 11.9 Å². The normalized spacial score (nSPS) is 20.2. The van der Waals surface area contributed by atoms with E-state index in [1.165, 1.54) is 0 Å². The number of ether oxygens (including phenoxy) is 1. The molecule has 1 atom stereocenters. The summed E-state index contributed by atoms with van der Waals surface area (Å²) in [7, 11) is 0. The van der Waals surface area contributed by atoms with Crippen LogP contribution in [-0.2, 0) is 0 Å². The van der Waals surface area contributed by atoms with Gasteiger partial charge in [0.25, 0.3) is 0 Å². The number of halogens is 2. The Morgan fingerprint density at radius 2 is 2.29 bits per heavy atom. The van der Waals surface area contributed by atoms with E-state index >= 15 is 0 Å². The van der Waals surface area contributed by atoms with Gasteiger partial charge in [0.05, 0.1) is 10.6 Å². The smallest absolute Gasteiger partial charge is 0.170 e. The first-order valence-corrected chi connectivity index (χ1v) is 5.44. The maximum Gasteiger partial charge on any atom is 0.170 e. The third-order valence-corrected chi connectivity index (χ3v) is 2.84. The molecule has 14 heavy (non-hydrogen) atoms. The SMILES string of the molecule is CC1CC(=O)c2cc(Br)cc(Cl)c2O1. The first kappa shape index (κ1) is 9.99. The van der Waals surface area contributed by atoms with Gasteiger partial charge in [0, 0.05) is 10.9 Å². The fraction of sp³-hybridized carbons (Fsp3) is 0.300. The largest absolute Gasteiger partial charge is 0.488 e. The zero-order valence-corrected chi connectivity index (χ0v) is 9.85. The predicted molar refractivity (Wildman–Crippen MR) is 58.2 cm³/mol. The summed E-state index contributed by atoms with van der Waals surface area (Å²) < 4.78 is 6.31. The molecule has 1 heterocycles. The lowest BCUT2D eigenvalue weighted by Gasteiger charge is -2.23. The molecule has 1 unspecified atom stereocenters. The van der Waals surface area contributed by atoms with Crippen LogP contribution >= 0.6 is 27.5 Å². The Hall–Kier alpha value is -0.540. The van der Waals surface area contributed by atoms with Crippen LogP contribution in [0.2, 0.25) is 5.02 Å². The quantitative estimate of drug-likeness (QED) is 0.725. The van der Waals surface area contributed by atoms with Crippen molar-refractivity contribution < 1.29 is 9.53 Å². The minimum atomic E-state index is -0.0892. The van der Waals surface area contributed by atoms with Crippen molar-refractivity contribution in [2.75, 3.05) is 0 Å². The van der Waals surface area contributed by atoms with Crippen molar-refractivity contribution in [3.63, 3.8) is 0 Å². The number of hydrogen-bond acceptors (Lipinski definition) is 2. The van der Waals surface area contributed by atoms with Crippen LogP contribution in [0.4, 0.5) is 0 Å². The number of carbonyl (C=O) groups excluding carboxylic acids is 1. The van der Waals surface area contributed by atoms with Crippen molar-refractivity contribution in [2.45, 2.75) is 19.4 Å². The molecule has 0 saturated carbocycles. The second-order valence-corrected chi connectivity index (χ2v) is 4.64. The summed E-state index contributed by atoms with van der Waals surface area (Å²) in [5.74, 6) is 0.598. The zero-order valence-electron chi connectivity index (χ0n) is 7.51. The highest BCUT2D eigenvalue weighted by Gasteiger charge is 2.25. The van der Waals surface area contributed by atoms with E-state index in [0.717, 1.165) is 4.47 Å². The number of rotatable bonds is 0. The number of Topliss-reactive ketones (excluding diaryl/α,β-unsaturated/α-hetero) is 1. The van der Waals surface area contributed by atoms with Crippen molar-refractivity contribution in [2.24, 2.45) is 0 Å². The van der Waals surface area contributed by atoms with E-state index in [1.807, 2.05) is 6.92 Å². The molecule has 1 aromatic carbocycles. The van der Waals surface area contributed by atoms with E-state index in [0.29, 0.717) is 22.8 Å². The molecule has 1 aromatic rings. The Bertz CT molecular complexity index is 403. The zero-order chi connectivity index (χ0) is 10.3. The summed E-state index contributed by atoms with van der Waals surface area (Å²) in [6.07, 6.45) is 0.327. The van der Waals surface area contributed by atoms with Gasteiger partial charge in [-0.2, -0.15) is 0 Å². The van der Waals surface area contributed by atoms with Gasteiger partial charge in [-0.1, -0.05) is 27.5 Å². The molecule has 0 amide bonds. The molecule has 0 spiro atoms. The summed E-state index contributed by atoms with van der Waals surface area (Å²) >= 11 is 9.26. The van der Waals surface area contributed by atoms with Crippen LogP contribution in [0.5, 0.6) is 5.75 Å². The van der Waals surface area contributed by atoms with E-state index in [9.17, 15) is 4.79 Å². The standard InChI is InChI=1S/C10H8BrClO2/c1-5-2-9(13)7-3-6(11)4-8(12)10(7)14-5/h3-5H,2H2,1H3. The fourth-order valence-electron chi connectivity index (χ4n) is 1.50. The lowest BCUT2D eigenvalue weighted by atomic mass is 10.0. The molecule has 74 valence electrons. The Kier molecular flexibility index (Phi) is 2.54. The van der Waals surface area contributed by atoms with Gasteiger partial charge >= 0.3 is 0 Å². The van der Waals surface area contributed by atoms with Crippen LogP contribution in [0.3, 0.4) is 0 Å². The molecule has 0 aliphatic carbocycles. The van der Waals surface area contributed by atoms with Crippen LogP contribution in [0.25, 0.3) is 0 Å². The molecule has 1 aliphatic heterocycles. The fourth-order valence-corrected chi connectivity index (χ4v) is 2.35. The molecule has 0 radical (unpaired) electrons. The average Bonchev–Trinajstić information content (AvgIpc) is 2.07. The van der Waals surface area contributed by atoms with Crippen molar-refractivity contribution in [3.05, 3.63) is 27.2 Å². The highest BCUT2D eigenvalue weighted by Crippen LogP contribution is 2.37. The van der Waals surface area contributed by atoms with Crippen molar-refractivity contribution in [1.29, 1.82) is 0 Å². The first-order valence-electron chi connectivity index (χ1n) is 4.27. The van der Waals surface area contributed by atoms with E-state index in [4.69, 9.17) is 16.3 Å². The summed E-state index contributed by atoms with van der Waals surface area (Å²) in [6.45, 7) is 1.86. The van der Waals surface area contributed by atoms with Crippen LogP contribution < -0.4 is 4.74 Å². The molecule has 0 fully saturated rings. The van der Waals surface area contributed by atoms with Crippen LogP contribution in [0, 0.1) is 0 Å². The molecule has 0 N–H and O–H groups in total. The lowest BCUT2D eigenvalue weighted by molar-refractivity contribution is 0.0871. The molecule has 1 aliphatic rings. The Balaban J connectivity index is 2.59. The summed E-state index contributed by atoms with van der Waals surface area (Å²) in [5, 5.41) is 0.481. The second kappa shape index (κ2) is 3.55. The number of carbonyl (C=O) groups is 1. The van der Waals surface area contributed by atoms with Crippen LogP contribution in [0.15, 0.2) is 16.6 Å². The van der Waals surface area contributed by atoms with Crippen molar-refractivity contribution >= 4 is 33.3 Å². The van der Waals surface area contributed by atoms with E-state index in [1.54, 1.807) is 12.1 Å². The third-order valence-electron chi connectivity index (χ3n) is 2.10. The molecule has 0 aromatic heterocycles. The topological polar surface area (TPSA) is 26.3 Å². The molecular weight excluding hydrogens is 267 g/mol. The molecule has 2 nitrogen and oxygen atoms in total. The molecule has 2 rings (SSSR count). The lowest BCUT2D eigenvalue weighted by Crippen LogP contribution is -2.24. The Morgan fingerprint density at radius 3 is 3.00 bits per heavy atom. The summed E-state index contributed by atoms with van der Waals surface area (Å²) in [6, 6.07) is 3.47. The van der Waals surface area contributed by atoms with Crippen molar-refractivity contribution in [3.8, 4) is 5.75 Å².